The Labute approximate surface area is 85.6 Å². The minimum absolute atomic E-state index is 1.06. The average molecular weight is 190 g/mol. The molecule has 76 valence electrons. The van der Waals surface area contributed by atoms with Gasteiger partial charge in [0.25, 0.3) is 0 Å². The molecule has 0 atom stereocenters. The zero-order valence-electron chi connectivity index (χ0n) is 9.41. The molecule has 0 fully saturated rings. The lowest BCUT2D eigenvalue weighted by molar-refractivity contribution is 0.886. The Morgan fingerprint density at radius 3 is 2.36 bits per heavy atom. The summed E-state index contributed by atoms with van der Waals surface area (Å²) in [6, 6.07) is 8.15. The molecule has 0 bridgehead atoms. The summed E-state index contributed by atoms with van der Waals surface area (Å²) < 4.78 is 2.09. The molecule has 0 radical (unpaired) electrons. The van der Waals surface area contributed by atoms with Gasteiger partial charge in [-0.1, -0.05) is 32.4 Å². The van der Waals surface area contributed by atoms with Crippen LogP contribution in [-0.2, 0) is 7.05 Å². The smallest absolute Gasteiger partial charge is 0.106 e. The fraction of sp³-hybridized carbons (Fsp3) is 0.417. The van der Waals surface area contributed by atoms with Crippen LogP contribution < -0.4 is 0 Å². The summed E-state index contributed by atoms with van der Waals surface area (Å²) in [6.45, 7) is 6.26. The quantitative estimate of drug-likeness (QED) is 0.623. The molecule has 2 nitrogen and oxygen atoms in total. The Morgan fingerprint density at radius 1 is 1.21 bits per heavy atom. The van der Waals surface area contributed by atoms with E-state index in [1.165, 1.54) is 11.9 Å². The molecule has 2 heteroatoms. The maximum absolute atomic E-state index is 4.38. The molecule has 2 rings (SSSR count). The van der Waals surface area contributed by atoms with Crippen molar-refractivity contribution < 1.29 is 0 Å². The summed E-state index contributed by atoms with van der Waals surface area (Å²) in [5, 5.41) is 0. The lowest BCUT2D eigenvalue weighted by atomic mass is 10.3. The number of rotatable bonds is 0. The van der Waals surface area contributed by atoms with Crippen LogP contribution >= 0.6 is 0 Å². The van der Waals surface area contributed by atoms with Gasteiger partial charge in [-0.05, 0) is 19.1 Å². The van der Waals surface area contributed by atoms with Gasteiger partial charge in [-0.25, -0.2) is 4.98 Å². The Kier molecular flexibility index (Phi) is 3.69. The number of benzene rings is 1. The van der Waals surface area contributed by atoms with Crippen molar-refractivity contribution >= 4 is 11.0 Å². The fourth-order valence-electron chi connectivity index (χ4n) is 1.27. The molecule has 0 aliphatic heterocycles. The van der Waals surface area contributed by atoms with E-state index in [1.54, 1.807) is 0 Å². The van der Waals surface area contributed by atoms with Gasteiger partial charge in [-0.15, -0.1) is 0 Å². The number of para-hydroxylation sites is 2. The summed E-state index contributed by atoms with van der Waals surface area (Å²) in [5.41, 5.74) is 2.28. The summed E-state index contributed by atoms with van der Waals surface area (Å²) >= 11 is 0. The highest BCUT2D eigenvalue weighted by Gasteiger charge is 2.00. The lowest BCUT2D eigenvalue weighted by Crippen LogP contribution is -1.89. The van der Waals surface area contributed by atoms with Crippen molar-refractivity contribution in [3.8, 4) is 0 Å². The Bertz CT molecular complexity index is 402. The summed E-state index contributed by atoms with van der Waals surface area (Å²) in [4.78, 5) is 4.38. The highest BCUT2D eigenvalue weighted by atomic mass is 15.0. The third-order valence-corrected chi connectivity index (χ3v) is 2.01. The van der Waals surface area contributed by atoms with Gasteiger partial charge in [0.1, 0.15) is 5.82 Å². The van der Waals surface area contributed by atoms with Crippen LogP contribution in [0.15, 0.2) is 24.3 Å². The zero-order chi connectivity index (χ0) is 10.6. The van der Waals surface area contributed by atoms with E-state index in [4.69, 9.17) is 0 Å². The highest BCUT2D eigenvalue weighted by molar-refractivity contribution is 5.75. The first-order chi connectivity index (χ1) is 6.70. The second-order valence-electron chi connectivity index (χ2n) is 3.41. The number of nitrogens with zero attached hydrogens (tertiary/aromatic N) is 2. The van der Waals surface area contributed by atoms with Crippen LogP contribution in [0.2, 0.25) is 0 Å². The first kappa shape index (κ1) is 10.8. The predicted molar refractivity (Wildman–Crippen MR) is 61.4 cm³/mol. The van der Waals surface area contributed by atoms with Gasteiger partial charge in [0.15, 0.2) is 0 Å². The minimum atomic E-state index is 1.06. The molecule has 14 heavy (non-hydrogen) atoms. The van der Waals surface area contributed by atoms with Crippen LogP contribution in [0.1, 0.15) is 26.1 Å². The third-order valence-electron chi connectivity index (χ3n) is 2.01. The highest BCUT2D eigenvalue weighted by Crippen LogP contribution is 2.12. The van der Waals surface area contributed by atoms with Crippen molar-refractivity contribution in [2.45, 2.75) is 27.2 Å². The van der Waals surface area contributed by atoms with Gasteiger partial charge in [-0.3, -0.25) is 0 Å². The van der Waals surface area contributed by atoms with Gasteiger partial charge < -0.3 is 4.57 Å². The number of hydrogen-bond donors (Lipinski definition) is 0. The first-order valence-corrected chi connectivity index (χ1v) is 5.08. The molecular formula is C12H18N2. The number of aryl methyl sites for hydroxylation is 2. The monoisotopic (exact) mass is 190 g/mol. The maximum Gasteiger partial charge on any atom is 0.106 e. The van der Waals surface area contributed by atoms with E-state index in [-0.39, 0.29) is 0 Å². The average Bonchev–Trinajstić information content (AvgIpc) is 2.45. The number of aromatic nitrogens is 2. The molecule has 0 aliphatic rings. The molecule has 1 aromatic carbocycles. The molecule has 1 aromatic heterocycles. The fourth-order valence-corrected chi connectivity index (χ4v) is 1.27. The van der Waals surface area contributed by atoms with Gasteiger partial charge in [0, 0.05) is 7.05 Å². The van der Waals surface area contributed by atoms with Crippen molar-refractivity contribution in [2.75, 3.05) is 0 Å². The van der Waals surface area contributed by atoms with Crippen LogP contribution in [-0.4, -0.2) is 9.55 Å². The summed E-state index contributed by atoms with van der Waals surface area (Å²) in [5.74, 6) is 1.06. The molecule has 1 heterocycles. The molecule has 0 unspecified atom stereocenters. The molecule has 2 aromatic rings. The van der Waals surface area contributed by atoms with E-state index in [1.807, 2.05) is 32.2 Å². The van der Waals surface area contributed by atoms with Gasteiger partial charge in [0.05, 0.1) is 11.0 Å². The van der Waals surface area contributed by atoms with E-state index in [2.05, 4.69) is 29.5 Å². The first-order valence-electron chi connectivity index (χ1n) is 5.08. The molecule has 0 N–H and O–H groups in total. The van der Waals surface area contributed by atoms with Crippen LogP contribution in [0.25, 0.3) is 11.0 Å². The third kappa shape index (κ3) is 2.13. The van der Waals surface area contributed by atoms with Crippen LogP contribution in [0, 0.1) is 6.92 Å². The van der Waals surface area contributed by atoms with Crippen LogP contribution in [0.5, 0.6) is 0 Å². The number of hydrogen-bond acceptors (Lipinski definition) is 1. The number of imidazole rings is 1. The van der Waals surface area contributed by atoms with E-state index in [0.29, 0.717) is 0 Å². The molecule has 0 amide bonds. The Hall–Kier alpha value is -1.31. The Morgan fingerprint density at radius 2 is 1.79 bits per heavy atom. The second kappa shape index (κ2) is 4.80. The van der Waals surface area contributed by atoms with E-state index in [9.17, 15) is 0 Å². The van der Waals surface area contributed by atoms with Crippen molar-refractivity contribution in [2.24, 2.45) is 7.05 Å². The minimum Gasteiger partial charge on any atom is -0.331 e. The van der Waals surface area contributed by atoms with Gasteiger partial charge >= 0.3 is 0 Å². The van der Waals surface area contributed by atoms with Crippen molar-refractivity contribution in [3.05, 3.63) is 30.1 Å². The van der Waals surface area contributed by atoms with Crippen molar-refractivity contribution in [1.29, 1.82) is 0 Å². The number of fused-ring (bicyclic) bond motifs is 1. The van der Waals surface area contributed by atoms with Crippen molar-refractivity contribution in [1.82, 2.24) is 9.55 Å². The summed E-state index contributed by atoms with van der Waals surface area (Å²) in [6.07, 6.45) is 1.25. The lowest BCUT2D eigenvalue weighted by Gasteiger charge is -1.93. The van der Waals surface area contributed by atoms with Crippen LogP contribution in [0.3, 0.4) is 0 Å². The van der Waals surface area contributed by atoms with Gasteiger partial charge in [-0.2, -0.15) is 0 Å². The normalized spacial score (nSPS) is 9.71. The molecule has 0 saturated carbocycles. The maximum atomic E-state index is 4.38. The molecule has 0 aliphatic carbocycles. The van der Waals surface area contributed by atoms with E-state index in [0.717, 1.165) is 11.3 Å². The molecule has 0 saturated heterocycles. The topological polar surface area (TPSA) is 17.8 Å². The zero-order valence-corrected chi connectivity index (χ0v) is 9.41. The second-order valence-corrected chi connectivity index (χ2v) is 3.41. The Balaban J connectivity index is 0.000000293. The largest absolute Gasteiger partial charge is 0.331 e. The van der Waals surface area contributed by atoms with Gasteiger partial charge in [0.2, 0.25) is 0 Å². The molecular weight excluding hydrogens is 172 g/mol. The van der Waals surface area contributed by atoms with Crippen LogP contribution in [0.4, 0.5) is 0 Å². The van der Waals surface area contributed by atoms with Crippen molar-refractivity contribution in [3.63, 3.8) is 0 Å². The standard InChI is InChI=1S/C9H10N2.C3H8/c1-7-10-8-5-3-4-6-9(8)11(7)2;1-3-2/h3-6H,1-2H3;3H2,1-2H3. The predicted octanol–water partition coefficient (Wildman–Crippen LogP) is 3.30. The van der Waals surface area contributed by atoms with E-state index < -0.39 is 0 Å². The summed E-state index contributed by atoms with van der Waals surface area (Å²) in [7, 11) is 2.03. The SMILES string of the molecule is CCC.Cc1nc2ccccc2n1C. The molecule has 0 spiro atoms. The van der Waals surface area contributed by atoms with E-state index >= 15 is 0 Å².